The van der Waals surface area contributed by atoms with Crippen molar-refractivity contribution in [3.8, 4) is 0 Å². The highest BCUT2D eigenvalue weighted by Gasteiger charge is 2.83. The summed E-state index contributed by atoms with van der Waals surface area (Å²) in [4.78, 5) is 8.04. The molecule has 0 N–H and O–H groups in total. The Hall–Kier alpha value is -2.22. The molecular weight excluding hydrogens is 534 g/mol. The summed E-state index contributed by atoms with van der Waals surface area (Å²) in [6, 6.07) is -2.59. The molecule has 0 aromatic heterocycles. The molecule has 1 heterocycles. The first-order valence-electron chi connectivity index (χ1n) is 7.91. The molecule has 5 nitrogen and oxygen atoms in total. The van der Waals surface area contributed by atoms with Crippen molar-refractivity contribution < 1.29 is 79.8 Å². The average molecular weight is 543 g/mol. The molecule has 0 fully saturated rings. The second kappa shape index (κ2) is 8.18. The molecule has 0 bridgehead atoms. The molecule has 1 aliphatic heterocycles. The number of aliphatic imine (C=N–C) groups is 2. The molecule has 0 saturated heterocycles. The lowest BCUT2D eigenvalue weighted by molar-refractivity contribution is -0.462. The van der Waals surface area contributed by atoms with Crippen molar-refractivity contribution >= 4 is 12.4 Å². The highest BCUT2D eigenvalue weighted by atomic mass is 19.4. The summed E-state index contributed by atoms with van der Waals surface area (Å²) in [6.07, 6.45) is -13.6. The molecule has 200 valence electrons. The second-order valence-electron chi connectivity index (χ2n) is 6.53. The highest BCUT2D eigenvalue weighted by molar-refractivity contribution is 5.83. The van der Waals surface area contributed by atoms with Gasteiger partial charge in [-0.15, -0.1) is 0 Å². The van der Waals surface area contributed by atoms with E-state index in [0.717, 1.165) is 0 Å². The van der Waals surface area contributed by atoms with Gasteiger partial charge in [0, 0.05) is 13.8 Å². The molecule has 0 aromatic rings. The number of halogens is 16. The fourth-order valence-corrected chi connectivity index (χ4v) is 1.76. The average Bonchev–Trinajstić information content (AvgIpc) is 2.60. The van der Waals surface area contributed by atoms with Crippen LogP contribution in [-0.2, 0) is 9.57 Å². The van der Waals surface area contributed by atoms with Gasteiger partial charge in [0.1, 0.15) is 13.0 Å². The van der Waals surface area contributed by atoms with Gasteiger partial charge in [-0.2, -0.15) is 85.1 Å². The molecule has 0 saturated carbocycles. The van der Waals surface area contributed by atoms with E-state index in [1.165, 1.54) is 0 Å². The third-order valence-corrected chi connectivity index (χ3v) is 3.74. The summed E-state index contributed by atoms with van der Waals surface area (Å²) in [6.45, 7) is -3.63. The number of alkyl halides is 16. The van der Waals surface area contributed by atoms with Gasteiger partial charge in [0.25, 0.3) is 0 Å². The van der Waals surface area contributed by atoms with E-state index < -0.39 is 79.4 Å². The molecular formula is C13H9F16N3O2. The molecule has 0 radical (unpaired) electrons. The summed E-state index contributed by atoms with van der Waals surface area (Å²) >= 11 is 0. The highest BCUT2D eigenvalue weighted by Crippen LogP contribution is 2.54. The van der Waals surface area contributed by atoms with Crippen LogP contribution in [0.15, 0.2) is 9.98 Å². The lowest BCUT2D eigenvalue weighted by Crippen LogP contribution is -2.65. The maximum Gasteiger partial charge on any atom is 0.473 e. The van der Waals surface area contributed by atoms with Crippen molar-refractivity contribution in [3.05, 3.63) is 0 Å². The molecule has 34 heavy (non-hydrogen) atoms. The zero-order valence-corrected chi connectivity index (χ0v) is 16.0. The normalized spacial score (nSPS) is 17.7. The van der Waals surface area contributed by atoms with Crippen LogP contribution < -0.4 is 0 Å². The van der Waals surface area contributed by atoms with Crippen LogP contribution in [-0.4, -0.2) is 71.8 Å². The van der Waals surface area contributed by atoms with Crippen molar-refractivity contribution in [1.82, 2.24) is 5.06 Å². The van der Waals surface area contributed by atoms with Gasteiger partial charge in [-0.3, -0.25) is 0 Å². The topological polar surface area (TPSA) is 46.4 Å². The van der Waals surface area contributed by atoms with Crippen LogP contribution in [0.4, 0.5) is 70.2 Å². The first-order valence-corrected chi connectivity index (χ1v) is 7.91. The van der Waals surface area contributed by atoms with Gasteiger partial charge < -0.3 is 4.74 Å². The third kappa shape index (κ3) is 4.66. The predicted octanol–water partition coefficient (Wildman–Crippen LogP) is 5.63. The fourth-order valence-electron chi connectivity index (χ4n) is 1.76. The van der Waals surface area contributed by atoms with Crippen molar-refractivity contribution in [1.29, 1.82) is 0 Å². The van der Waals surface area contributed by atoms with Gasteiger partial charge in [0.15, 0.2) is 0 Å². The molecule has 0 spiro atoms. The van der Waals surface area contributed by atoms with Crippen LogP contribution in [0.5, 0.6) is 0 Å². The van der Waals surface area contributed by atoms with Crippen molar-refractivity contribution in [2.24, 2.45) is 9.98 Å². The molecule has 1 rings (SSSR count). The summed E-state index contributed by atoms with van der Waals surface area (Å²) < 4.78 is 215. The molecule has 0 atom stereocenters. The van der Waals surface area contributed by atoms with Crippen molar-refractivity contribution in [2.45, 2.75) is 61.6 Å². The number of hydrogen-bond donors (Lipinski definition) is 0. The van der Waals surface area contributed by atoms with Gasteiger partial charge in [0.05, 0.1) is 0 Å². The van der Waals surface area contributed by atoms with Crippen LogP contribution in [0, 0.1) is 0 Å². The molecule has 21 heteroatoms. The Morgan fingerprint density at radius 2 is 1.03 bits per heavy atom. The van der Waals surface area contributed by atoms with E-state index in [0.29, 0.717) is 0 Å². The van der Waals surface area contributed by atoms with Crippen LogP contribution in [0.1, 0.15) is 13.8 Å². The number of amidine groups is 1. The summed E-state index contributed by atoms with van der Waals surface area (Å²) in [7, 11) is 0. The van der Waals surface area contributed by atoms with Crippen molar-refractivity contribution in [3.63, 3.8) is 0 Å². The molecule has 0 amide bonds. The smallest absolute Gasteiger partial charge is 0.394 e. The van der Waals surface area contributed by atoms with Gasteiger partial charge in [-0.05, 0) is 0 Å². The third-order valence-electron chi connectivity index (χ3n) is 3.74. The van der Waals surface area contributed by atoms with Crippen LogP contribution in [0.25, 0.3) is 0 Å². The van der Waals surface area contributed by atoms with Gasteiger partial charge in [0.2, 0.25) is 0 Å². The fraction of sp³-hybridized carbons (Fsp3) is 0.846. The van der Waals surface area contributed by atoms with E-state index in [4.69, 9.17) is 0 Å². The summed E-state index contributed by atoms with van der Waals surface area (Å²) in [5.41, 5.74) is 0. The number of nitrogens with zero attached hydrogens (tertiary/aromatic N) is 3. The maximum atomic E-state index is 13.7. The van der Waals surface area contributed by atoms with Crippen LogP contribution in [0.2, 0.25) is 0 Å². The monoisotopic (exact) mass is 543 g/mol. The zero-order chi connectivity index (χ0) is 27.4. The minimum Gasteiger partial charge on any atom is -0.394 e. The minimum absolute atomic E-state index is 0.0406. The van der Waals surface area contributed by atoms with E-state index >= 15 is 0 Å². The summed E-state index contributed by atoms with van der Waals surface area (Å²) in [5.74, 6) is -39.8. The standard InChI is InChI=1S/C13H9F16N3O2/c1-6(14,15)8(18,19)10(22,23)12(26,27)33-5-31-3-30-4-32(5)34-13(28,29)11(24,25)9(20,21)7(2,16)17/h3H,4H2,1-2H3. The Morgan fingerprint density at radius 3 is 1.41 bits per heavy atom. The molecule has 0 aliphatic carbocycles. The lowest BCUT2D eigenvalue weighted by atomic mass is 10.1. The Bertz CT molecular complexity index is 814. The summed E-state index contributed by atoms with van der Waals surface area (Å²) in [5, 5.41) is -1.32. The van der Waals surface area contributed by atoms with E-state index in [1.807, 2.05) is 0 Å². The number of hydroxylamine groups is 2. The zero-order valence-electron chi connectivity index (χ0n) is 16.0. The molecule has 1 aliphatic rings. The van der Waals surface area contributed by atoms with Gasteiger partial charge in [-0.25, -0.2) is 4.99 Å². The Labute approximate surface area is 176 Å². The van der Waals surface area contributed by atoms with Gasteiger partial charge in [-0.1, -0.05) is 0 Å². The molecule has 0 unspecified atom stereocenters. The predicted molar refractivity (Wildman–Crippen MR) is 75.7 cm³/mol. The number of ether oxygens (including phenoxy) is 1. The second-order valence-corrected chi connectivity index (χ2v) is 6.53. The molecule has 0 aromatic carbocycles. The Morgan fingerprint density at radius 1 is 0.647 bits per heavy atom. The lowest BCUT2D eigenvalue weighted by Gasteiger charge is -2.38. The van der Waals surface area contributed by atoms with Gasteiger partial charge >= 0.3 is 53.8 Å². The Kier molecular flexibility index (Phi) is 7.17. The van der Waals surface area contributed by atoms with E-state index in [9.17, 15) is 70.2 Å². The van der Waals surface area contributed by atoms with E-state index in [2.05, 4.69) is 19.6 Å². The van der Waals surface area contributed by atoms with Crippen molar-refractivity contribution in [2.75, 3.05) is 6.67 Å². The van der Waals surface area contributed by atoms with Crippen LogP contribution in [0.3, 0.4) is 0 Å². The van der Waals surface area contributed by atoms with E-state index in [1.54, 1.807) is 0 Å². The maximum absolute atomic E-state index is 13.7. The quantitative estimate of drug-likeness (QED) is 0.355. The number of hydrogen-bond acceptors (Lipinski definition) is 5. The SMILES string of the molecule is CC(F)(F)C(F)(F)C(F)(F)C(F)(F)OC1=NC=NCN1OC(F)(F)C(F)(F)C(F)(F)C(C)(F)F. The van der Waals surface area contributed by atoms with Crippen LogP contribution >= 0.6 is 0 Å². The first kappa shape index (κ1) is 29.8. The first-order chi connectivity index (χ1) is 14.7. The van der Waals surface area contributed by atoms with E-state index in [-0.39, 0.29) is 6.34 Å². The Balaban J connectivity index is 3.31. The largest absolute Gasteiger partial charge is 0.473 e. The minimum atomic E-state index is -7.15. The number of rotatable bonds is 9.